The van der Waals surface area contributed by atoms with Gasteiger partial charge in [0.1, 0.15) is 22.1 Å². The molecule has 2 aromatic rings. The molecule has 0 aliphatic carbocycles. The highest BCUT2D eigenvalue weighted by Gasteiger charge is 2.12. The van der Waals surface area contributed by atoms with Crippen LogP contribution < -0.4 is 0 Å². The number of aromatic nitrogens is 2. The van der Waals surface area contributed by atoms with Crippen molar-refractivity contribution in [3.8, 4) is 11.3 Å². The summed E-state index contributed by atoms with van der Waals surface area (Å²) in [7, 11) is 0. The molecule has 0 aliphatic heterocycles. The Morgan fingerprint density at radius 1 is 1.11 bits per heavy atom. The lowest BCUT2D eigenvalue weighted by Gasteiger charge is -2.08. The van der Waals surface area contributed by atoms with Crippen molar-refractivity contribution in [3.05, 3.63) is 46.3 Å². The summed E-state index contributed by atoms with van der Waals surface area (Å²) in [4.78, 5) is 8.46. The third-order valence-electron chi connectivity index (χ3n) is 2.43. The van der Waals surface area contributed by atoms with Crippen molar-refractivity contribution in [1.82, 2.24) is 9.97 Å². The molecule has 0 saturated carbocycles. The van der Waals surface area contributed by atoms with E-state index in [1.807, 2.05) is 13.8 Å². The molecule has 0 spiro atoms. The summed E-state index contributed by atoms with van der Waals surface area (Å²) >= 11 is 3.25. The van der Waals surface area contributed by atoms with Gasteiger partial charge in [0, 0.05) is 11.5 Å². The SMILES string of the molecule is CC(C)c1nc(Br)cc(-c2cc(F)ccc2F)n1. The molecule has 0 amide bonds. The lowest BCUT2D eigenvalue weighted by atomic mass is 10.1. The summed E-state index contributed by atoms with van der Waals surface area (Å²) < 4.78 is 27.4. The van der Waals surface area contributed by atoms with Crippen LogP contribution in [-0.2, 0) is 0 Å². The first-order chi connectivity index (χ1) is 8.47. The maximum atomic E-state index is 13.7. The first kappa shape index (κ1) is 13.1. The summed E-state index contributed by atoms with van der Waals surface area (Å²) in [5.41, 5.74) is 0.512. The van der Waals surface area contributed by atoms with Crippen LogP contribution in [0.2, 0.25) is 0 Å². The van der Waals surface area contributed by atoms with Crippen molar-refractivity contribution < 1.29 is 8.78 Å². The molecule has 0 aliphatic rings. The van der Waals surface area contributed by atoms with Crippen molar-refractivity contribution in [2.75, 3.05) is 0 Å². The van der Waals surface area contributed by atoms with Gasteiger partial charge in [-0.1, -0.05) is 13.8 Å². The number of rotatable bonds is 2. The number of benzene rings is 1. The zero-order valence-electron chi connectivity index (χ0n) is 9.92. The van der Waals surface area contributed by atoms with Crippen LogP contribution in [0.1, 0.15) is 25.6 Å². The Balaban J connectivity index is 2.60. The predicted molar refractivity (Wildman–Crippen MR) is 69.2 cm³/mol. The van der Waals surface area contributed by atoms with Crippen molar-refractivity contribution in [1.29, 1.82) is 0 Å². The molecule has 0 saturated heterocycles. The van der Waals surface area contributed by atoms with E-state index in [2.05, 4.69) is 25.9 Å². The van der Waals surface area contributed by atoms with Gasteiger partial charge < -0.3 is 0 Å². The summed E-state index contributed by atoms with van der Waals surface area (Å²) in [6, 6.07) is 4.88. The largest absolute Gasteiger partial charge is 0.232 e. The predicted octanol–water partition coefficient (Wildman–Crippen LogP) is 4.31. The minimum atomic E-state index is -0.503. The van der Waals surface area contributed by atoms with Gasteiger partial charge in [-0.05, 0) is 40.2 Å². The standard InChI is InChI=1S/C13H11BrF2N2/c1-7(2)13-17-11(6-12(14)18-13)9-5-8(15)3-4-10(9)16/h3-7H,1-2H3. The van der Waals surface area contributed by atoms with E-state index in [0.29, 0.717) is 16.1 Å². The Kier molecular flexibility index (Phi) is 3.71. The zero-order valence-corrected chi connectivity index (χ0v) is 11.5. The topological polar surface area (TPSA) is 25.8 Å². The van der Waals surface area contributed by atoms with Gasteiger partial charge in [0.25, 0.3) is 0 Å². The third-order valence-corrected chi connectivity index (χ3v) is 2.84. The second kappa shape index (κ2) is 5.10. The average Bonchev–Trinajstić information content (AvgIpc) is 2.31. The van der Waals surface area contributed by atoms with Gasteiger partial charge >= 0.3 is 0 Å². The Morgan fingerprint density at radius 3 is 2.50 bits per heavy atom. The zero-order chi connectivity index (χ0) is 13.3. The highest BCUT2D eigenvalue weighted by atomic mass is 79.9. The molecule has 1 aromatic carbocycles. The van der Waals surface area contributed by atoms with Gasteiger partial charge in [-0.3, -0.25) is 0 Å². The number of hydrogen-bond acceptors (Lipinski definition) is 2. The van der Waals surface area contributed by atoms with Crippen LogP contribution >= 0.6 is 15.9 Å². The quantitative estimate of drug-likeness (QED) is 0.772. The molecular formula is C13H11BrF2N2. The monoisotopic (exact) mass is 312 g/mol. The average molecular weight is 313 g/mol. The van der Waals surface area contributed by atoms with Gasteiger partial charge in [-0.25, -0.2) is 18.7 Å². The van der Waals surface area contributed by atoms with Gasteiger partial charge in [0.2, 0.25) is 0 Å². The first-order valence-corrected chi connectivity index (χ1v) is 6.26. The molecule has 5 heteroatoms. The molecule has 0 fully saturated rings. The lowest BCUT2D eigenvalue weighted by Crippen LogP contribution is -2.00. The molecule has 2 rings (SSSR count). The summed E-state index contributed by atoms with van der Waals surface area (Å²) in [5.74, 6) is -0.301. The maximum Gasteiger partial charge on any atom is 0.132 e. The smallest absolute Gasteiger partial charge is 0.132 e. The van der Waals surface area contributed by atoms with E-state index < -0.39 is 11.6 Å². The third kappa shape index (κ3) is 2.72. The lowest BCUT2D eigenvalue weighted by molar-refractivity contribution is 0.602. The van der Waals surface area contributed by atoms with Crippen molar-refractivity contribution in [2.45, 2.75) is 19.8 Å². The second-order valence-electron chi connectivity index (χ2n) is 4.21. The van der Waals surface area contributed by atoms with E-state index in [-0.39, 0.29) is 11.5 Å². The van der Waals surface area contributed by atoms with Crippen LogP contribution in [0.4, 0.5) is 8.78 Å². The molecule has 1 aromatic heterocycles. The van der Waals surface area contributed by atoms with Crippen molar-refractivity contribution in [2.24, 2.45) is 0 Å². The van der Waals surface area contributed by atoms with Crippen LogP contribution in [0.25, 0.3) is 11.3 Å². The minimum Gasteiger partial charge on any atom is -0.232 e. The Labute approximate surface area is 112 Å². The normalized spacial score (nSPS) is 11.0. The summed E-state index contributed by atoms with van der Waals surface area (Å²) in [6.07, 6.45) is 0. The fourth-order valence-corrected chi connectivity index (χ4v) is 1.92. The molecule has 0 atom stereocenters. The Morgan fingerprint density at radius 2 is 1.83 bits per heavy atom. The highest BCUT2D eigenvalue weighted by molar-refractivity contribution is 9.10. The molecule has 18 heavy (non-hydrogen) atoms. The van der Waals surface area contributed by atoms with E-state index in [4.69, 9.17) is 0 Å². The van der Waals surface area contributed by atoms with Gasteiger partial charge in [-0.2, -0.15) is 0 Å². The van der Waals surface area contributed by atoms with E-state index in [1.165, 1.54) is 0 Å². The fraction of sp³-hybridized carbons (Fsp3) is 0.231. The van der Waals surface area contributed by atoms with Crippen molar-refractivity contribution >= 4 is 15.9 Å². The minimum absolute atomic E-state index is 0.109. The van der Waals surface area contributed by atoms with Crippen molar-refractivity contribution in [3.63, 3.8) is 0 Å². The molecule has 2 nitrogen and oxygen atoms in total. The molecular weight excluding hydrogens is 302 g/mol. The van der Waals surface area contributed by atoms with Crippen LogP contribution in [0, 0.1) is 11.6 Å². The van der Waals surface area contributed by atoms with E-state index >= 15 is 0 Å². The van der Waals surface area contributed by atoms with Crippen LogP contribution in [0.15, 0.2) is 28.9 Å². The molecule has 94 valence electrons. The first-order valence-electron chi connectivity index (χ1n) is 5.47. The fourth-order valence-electron chi connectivity index (χ4n) is 1.53. The number of hydrogen-bond donors (Lipinski definition) is 0. The second-order valence-corrected chi connectivity index (χ2v) is 5.03. The number of nitrogens with zero attached hydrogens (tertiary/aromatic N) is 2. The van der Waals surface area contributed by atoms with Gasteiger partial charge in [0.05, 0.1) is 5.69 Å². The number of halogens is 3. The molecule has 0 radical (unpaired) electrons. The molecule has 1 heterocycles. The molecule has 0 N–H and O–H groups in total. The Bertz CT molecular complexity index is 585. The van der Waals surface area contributed by atoms with Gasteiger partial charge in [0.15, 0.2) is 0 Å². The van der Waals surface area contributed by atoms with Crippen LogP contribution in [0.3, 0.4) is 0 Å². The summed E-state index contributed by atoms with van der Waals surface area (Å²) in [5, 5.41) is 0. The van der Waals surface area contributed by atoms with Crippen LogP contribution in [0.5, 0.6) is 0 Å². The van der Waals surface area contributed by atoms with Gasteiger partial charge in [-0.15, -0.1) is 0 Å². The maximum absolute atomic E-state index is 13.7. The Hall–Kier alpha value is -1.36. The van der Waals surface area contributed by atoms with Crippen LogP contribution in [-0.4, -0.2) is 9.97 Å². The summed E-state index contributed by atoms with van der Waals surface area (Å²) in [6.45, 7) is 3.88. The molecule has 0 bridgehead atoms. The van der Waals surface area contributed by atoms with E-state index in [1.54, 1.807) is 6.07 Å². The van der Waals surface area contributed by atoms with E-state index in [9.17, 15) is 8.78 Å². The molecule has 0 unspecified atom stereocenters. The van der Waals surface area contributed by atoms with E-state index in [0.717, 1.165) is 18.2 Å². The highest BCUT2D eigenvalue weighted by Crippen LogP contribution is 2.25.